The van der Waals surface area contributed by atoms with Gasteiger partial charge in [-0.2, -0.15) is 0 Å². The lowest BCUT2D eigenvalue weighted by atomic mass is 9.74. The summed E-state index contributed by atoms with van der Waals surface area (Å²) in [6, 6.07) is 6.47. The van der Waals surface area contributed by atoms with Crippen molar-refractivity contribution in [3.63, 3.8) is 0 Å². The van der Waals surface area contributed by atoms with Crippen molar-refractivity contribution in [1.82, 2.24) is 24.6 Å². The lowest BCUT2D eigenvalue weighted by Crippen LogP contribution is -2.56. The van der Waals surface area contributed by atoms with Crippen LogP contribution in [-0.2, 0) is 10.0 Å². The zero-order valence-electron chi connectivity index (χ0n) is 20.1. The van der Waals surface area contributed by atoms with Gasteiger partial charge in [-0.05, 0) is 62.8 Å². The Morgan fingerprint density at radius 3 is 2.55 bits per heavy atom. The summed E-state index contributed by atoms with van der Waals surface area (Å²) in [5.41, 5.74) is 3.28. The Morgan fingerprint density at radius 2 is 1.91 bits per heavy atom. The van der Waals surface area contributed by atoms with E-state index >= 15 is 0 Å². The van der Waals surface area contributed by atoms with Crippen molar-refractivity contribution in [3.8, 4) is 11.4 Å². The number of hydrogen-bond acceptors (Lipinski definition) is 6. The molecule has 0 aliphatic carbocycles. The number of piperidine rings is 3. The molecule has 3 saturated heterocycles. The number of pyridine rings is 1. The van der Waals surface area contributed by atoms with Crippen LogP contribution in [0.25, 0.3) is 11.4 Å². The number of rotatable bonds is 10. The van der Waals surface area contributed by atoms with Crippen LogP contribution >= 0.6 is 0 Å². The minimum absolute atomic E-state index is 0.198. The van der Waals surface area contributed by atoms with Gasteiger partial charge in [-0.15, -0.1) is 0 Å². The van der Waals surface area contributed by atoms with Crippen molar-refractivity contribution in [2.75, 3.05) is 25.4 Å². The van der Waals surface area contributed by atoms with Gasteiger partial charge >= 0.3 is 0 Å². The minimum Gasteiger partial charge on any atom is -0.298 e. The van der Waals surface area contributed by atoms with Crippen molar-refractivity contribution in [1.29, 1.82) is 0 Å². The molecule has 3 aliphatic rings. The van der Waals surface area contributed by atoms with E-state index in [0.717, 1.165) is 61.5 Å². The molecular weight excluding hydrogens is 434 g/mol. The molecule has 2 aromatic heterocycles. The van der Waals surface area contributed by atoms with Gasteiger partial charge in [0.05, 0.1) is 5.75 Å². The summed E-state index contributed by atoms with van der Waals surface area (Å²) in [5, 5.41) is 0. The number of fused-ring (bicyclic) bond motifs is 3. The Bertz CT molecular complexity index is 1030. The first-order valence-corrected chi connectivity index (χ1v) is 14.1. The summed E-state index contributed by atoms with van der Waals surface area (Å²) < 4.78 is 27.1. The van der Waals surface area contributed by atoms with Gasteiger partial charge in [-0.1, -0.05) is 20.8 Å². The molecule has 7 nitrogen and oxygen atoms in total. The first-order chi connectivity index (χ1) is 15.9. The van der Waals surface area contributed by atoms with Crippen molar-refractivity contribution >= 4 is 10.0 Å². The van der Waals surface area contributed by atoms with Crippen LogP contribution < -0.4 is 4.72 Å². The van der Waals surface area contributed by atoms with Crippen LogP contribution in [0.2, 0.25) is 0 Å². The van der Waals surface area contributed by atoms with E-state index in [2.05, 4.69) is 34.5 Å². The van der Waals surface area contributed by atoms with E-state index in [1.54, 1.807) is 12.4 Å². The highest BCUT2D eigenvalue weighted by atomic mass is 32.2. The molecule has 5 heterocycles. The maximum atomic E-state index is 12.1. The van der Waals surface area contributed by atoms with Crippen LogP contribution in [0.1, 0.15) is 76.1 Å². The number of aromatic nitrogens is 3. The molecule has 0 spiro atoms. The van der Waals surface area contributed by atoms with Crippen LogP contribution in [0.4, 0.5) is 0 Å². The highest BCUT2D eigenvalue weighted by Gasteiger charge is 2.41. The van der Waals surface area contributed by atoms with Gasteiger partial charge in [0.15, 0.2) is 5.82 Å². The molecule has 33 heavy (non-hydrogen) atoms. The van der Waals surface area contributed by atoms with Gasteiger partial charge in [0.25, 0.3) is 0 Å². The van der Waals surface area contributed by atoms with Crippen LogP contribution in [0.15, 0.2) is 30.6 Å². The minimum atomic E-state index is -3.17. The molecule has 0 aromatic carbocycles. The molecule has 1 unspecified atom stereocenters. The maximum Gasteiger partial charge on any atom is 0.211 e. The number of nitrogens with zero attached hydrogens (tertiary/aromatic N) is 4. The van der Waals surface area contributed by atoms with E-state index in [4.69, 9.17) is 9.97 Å². The van der Waals surface area contributed by atoms with Gasteiger partial charge in [-0.25, -0.2) is 23.1 Å². The second-order valence-electron chi connectivity index (χ2n) is 9.50. The predicted octanol–water partition coefficient (Wildman–Crippen LogP) is 3.95. The van der Waals surface area contributed by atoms with Crippen molar-refractivity contribution in [3.05, 3.63) is 42.0 Å². The van der Waals surface area contributed by atoms with E-state index in [9.17, 15) is 8.42 Å². The van der Waals surface area contributed by atoms with Crippen LogP contribution in [-0.4, -0.2) is 59.7 Å². The standard InChI is InChI=1S/C25H37N5O2S/c1-4-13-33(31,32)27-16-21-14-20-9-12-30(21)17-22(20)24-15-23(18(5-2)6-3)28-25(29-24)19-7-10-26-11-8-19/h7-8,10-11,15,18,20-22,27H,4-6,9,12-14,16-17H2,1-3H3/t20-,21-,22+/m1/s1. The summed E-state index contributed by atoms with van der Waals surface area (Å²) in [5.74, 6) is 2.29. The van der Waals surface area contributed by atoms with E-state index in [1.165, 1.54) is 0 Å². The Kier molecular flexibility index (Phi) is 7.76. The second-order valence-corrected chi connectivity index (χ2v) is 11.4. The molecule has 4 atom stereocenters. The third-order valence-electron chi connectivity index (χ3n) is 7.38. The molecule has 3 aliphatic heterocycles. The van der Waals surface area contributed by atoms with E-state index in [1.807, 2.05) is 19.1 Å². The third-order valence-corrected chi connectivity index (χ3v) is 8.93. The van der Waals surface area contributed by atoms with Gasteiger partial charge in [0.1, 0.15) is 0 Å². The molecule has 8 heteroatoms. The summed E-state index contributed by atoms with van der Waals surface area (Å²) >= 11 is 0. The fourth-order valence-electron chi connectivity index (χ4n) is 5.47. The summed E-state index contributed by atoms with van der Waals surface area (Å²) in [6.45, 7) is 8.81. The van der Waals surface area contributed by atoms with Crippen molar-refractivity contribution < 1.29 is 8.42 Å². The smallest absolute Gasteiger partial charge is 0.211 e. The second kappa shape index (κ2) is 10.6. The lowest BCUT2D eigenvalue weighted by Gasteiger charge is -2.49. The molecule has 1 N–H and O–H groups in total. The topological polar surface area (TPSA) is 88.1 Å². The molecule has 0 radical (unpaired) electrons. The first-order valence-electron chi connectivity index (χ1n) is 12.4. The molecule has 180 valence electrons. The Hall–Kier alpha value is -1.90. The van der Waals surface area contributed by atoms with E-state index in [0.29, 0.717) is 30.7 Å². The lowest BCUT2D eigenvalue weighted by molar-refractivity contribution is 0.0317. The average molecular weight is 472 g/mol. The zero-order valence-corrected chi connectivity index (χ0v) is 20.9. The molecule has 3 fully saturated rings. The molecular formula is C25H37N5O2S. The van der Waals surface area contributed by atoms with Crippen molar-refractivity contribution in [2.24, 2.45) is 5.92 Å². The summed E-state index contributed by atoms with van der Waals surface area (Å²) in [7, 11) is -3.17. The molecule has 0 saturated carbocycles. The average Bonchev–Trinajstić information content (AvgIpc) is 2.84. The van der Waals surface area contributed by atoms with Gasteiger partial charge in [-0.3, -0.25) is 9.88 Å². The first kappa shape index (κ1) is 24.2. The van der Waals surface area contributed by atoms with Crippen molar-refractivity contribution in [2.45, 2.75) is 70.8 Å². The fraction of sp³-hybridized carbons (Fsp3) is 0.640. The number of sulfonamides is 1. The monoisotopic (exact) mass is 471 g/mol. The zero-order chi connectivity index (χ0) is 23.4. The number of hydrogen-bond donors (Lipinski definition) is 1. The van der Waals surface area contributed by atoms with Gasteiger partial charge in [0, 0.05) is 60.3 Å². The van der Waals surface area contributed by atoms with Crippen LogP contribution in [0.3, 0.4) is 0 Å². The highest BCUT2D eigenvalue weighted by molar-refractivity contribution is 7.89. The molecule has 2 aromatic rings. The normalized spacial score (nSPS) is 25.0. The number of nitrogens with one attached hydrogen (secondary N) is 1. The van der Waals surface area contributed by atoms with E-state index < -0.39 is 10.0 Å². The largest absolute Gasteiger partial charge is 0.298 e. The van der Waals surface area contributed by atoms with Gasteiger partial charge in [0.2, 0.25) is 10.0 Å². The Labute approximate surface area is 198 Å². The molecule has 2 bridgehead atoms. The highest BCUT2D eigenvalue weighted by Crippen LogP contribution is 2.42. The predicted molar refractivity (Wildman–Crippen MR) is 131 cm³/mol. The van der Waals surface area contributed by atoms with E-state index in [-0.39, 0.29) is 11.8 Å². The summed E-state index contributed by atoms with van der Waals surface area (Å²) in [4.78, 5) is 16.6. The van der Waals surface area contributed by atoms with Gasteiger partial charge < -0.3 is 0 Å². The molecule has 5 rings (SSSR count). The fourth-order valence-corrected chi connectivity index (χ4v) is 6.60. The maximum absolute atomic E-state index is 12.1. The summed E-state index contributed by atoms with van der Waals surface area (Å²) in [6.07, 6.45) is 8.49. The van der Waals surface area contributed by atoms with Crippen LogP contribution in [0.5, 0.6) is 0 Å². The van der Waals surface area contributed by atoms with Crippen LogP contribution in [0, 0.1) is 5.92 Å². The SMILES string of the molecule is CCCS(=O)(=O)NC[C@H]1C[C@H]2CCN1C[C@@H]2c1cc(C(CC)CC)nc(-c2ccncc2)n1. The molecule has 0 amide bonds. The Balaban J connectivity index is 1.57. The third kappa shape index (κ3) is 5.61. The Morgan fingerprint density at radius 1 is 1.15 bits per heavy atom. The quantitative estimate of drug-likeness (QED) is 0.564.